The summed E-state index contributed by atoms with van der Waals surface area (Å²) in [5, 5.41) is 0.423. The van der Waals surface area contributed by atoms with Gasteiger partial charge in [0.05, 0.1) is 17.7 Å². The van der Waals surface area contributed by atoms with Crippen LogP contribution in [0.25, 0.3) is 10.8 Å². The van der Waals surface area contributed by atoms with Crippen molar-refractivity contribution in [2.45, 2.75) is 6.92 Å². The Morgan fingerprint density at radius 1 is 0.600 bits per heavy atom. The van der Waals surface area contributed by atoms with Gasteiger partial charge in [0.25, 0.3) is 0 Å². The summed E-state index contributed by atoms with van der Waals surface area (Å²) < 4.78 is 89.5. The van der Waals surface area contributed by atoms with E-state index < -0.39 is 46.0 Å². The average Bonchev–Trinajstić information content (AvgIpc) is 2.80. The molecular weight excluding hydrogens is 466 g/mol. The molecular formula is C28H14F6O. The van der Waals surface area contributed by atoms with Crippen molar-refractivity contribution in [3.8, 4) is 29.4 Å². The molecule has 0 aliphatic rings. The van der Waals surface area contributed by atoms with Gasteiger partial charge in [-0.15, -0.1) is 0 Å². The number of hydrogen-bond acceptors (Lipinski definition) is 1. The van der Waals surface area contributed by atoms with E-state index in [0.29, 0.717) is 10.9 Å². The van der Waals surface area contributed by atoms with E-state index in [9.17, 15) is 26.3 Å². The smallest absolute Gasteiger partial charge is 0.166 e. The molecule has 0 bridgehead atoms. The molecule has 0 aliphatic carbocycles. The number of halogens is 6. The minimum Gasteiger partial charge on any atom is -0.494 e. The lowest BCUT2D eigenvalue weighted by molar-refractivity contribution is 0.335. The van der Waals surface area contributed by atoms with E-state index in [1.54, 1.807) is 6.92 Å². The standard InChI is InChI=1S/C28H14F6O/c1-2-35-19-14-26(32)22(27(33)15-19)9-5-17-12-24(30)21(25(31)13-17)8-4-16-3-7-20-18(11-16)6-10-23(29)28(20)34/h3,6-7,10-15H,2H2,1H3. The monoisotopic (exact) mass is 480 g/mol. The Labute approximate surface area is 197 Å². The second-order valence-corrected chi connectivity index (χ2v) is 7.31. The Bertz CT molecular complexity index is 1540. The fourth-order valence-corrected chi connectivity index (χ4v) is 3.30. The number of ether oxygens (including phenoxy) is 1. The molecule has 0 heterocycles. The summed E-state index contributed by atoms with van der Waals surface area (Å²) in [5.41, 5.74) is -0.931. The third-order valence-electron chi connectivity index (χ3n) is 4.94. The van der Waals surface area contributed by atoms with Crippen LogP contribution in [0.3, 0.4) is 0 Å². The topological polar surface area (TPSA) is 9.23 Å². The van der Waals surface area contributed by atoms with Crippen molar-refractivity contribution in [3.63, 3.8) is 0 Å². The van der Waals surface area contributed by atoms with Crippen LogP contribution in [0.1, 0.15) is 29.2 Å². The van der Waals surface area contributed by atoms with E-state index in [4.69, 9.17) is 4.74 Å². The number of hydrogen-bond donors (Lipinski definition) is 0. The van der Waals surface area contributed by atoms with Crippen molar-refractivity contribution >= 4 is 10.8 Å². The number of rotatable bonds is 2. The first-order valence-electron chi connectivity index (χ1n) is 10.3. The molecule has 1 nitrogen and oxygen atoms in total. The quantitative estimate of drug-likeness (QED) is 0.225. The minimum absolute atomic E-state index is 0.00298. The highest BCUT2D eigenvalue weighted by Gasteiger charge is 2.12. The Morgan fingerprint density at radius 3 is 1.77 bits per heavy atom. The third-order valence-corrected chi connectivity index (χ3v) is 4.94. The lowest BCUT2D eigenvalue weighted by atomic mass is 10.1. The third kappa shape index (κ3) is 5.10. The SMILES string of the molecule is CCOc1cc(F)c(C#Cc2cc(F)c(C#Cc3ccc4c(F)c(F)ccc4c3)c(F)c2)c(F)c1. The van der Waals surface area contributed by atoms with Gasteiger partial charge in [-0.2, -0.15) is 0 Å². The van der Waals surface area contributed by atoms with Gasteiger partial charge in [-0.1, -0.05) is 35.8 Å². The summed E-state index contributed by atoms with van der Waals surface area (Å²) in [6.45, 7) is 1.88. The molecule has 35 heavy (non-hydrogen) atoms. The van der Waals surface area contributed by atoms with Crippen LogP contribution in [0.15, 0.2) is 54.6 Å². The van der Waals surface area contributed by atoms with Crippen LogP contribution in [-0.4, -0.2) is 6.61 Å². The Balaban J connectivity index is 1.63. The van der Waals surface area contributed by atoms with E-state index in [2.05, 4.69) is 23.7 Å². The van der Waals surface area contributed by atoms with Gasteiger partial charge in [-0.25, -0.2) is 26.3 Å². The van der Waals surface area contributed by atoms with Gasteiger partial charge >= 0.3 is 0 Å². The maximum Gasteiger partial charge on any atom is 0.166 e. The van der Waals surface area contributed by atoms with Gasteiger partial charge in [0.1, 0.15) is 29.0 Å². The maximum atomic E-state index is 14.5. The molecule has 0 atom stereocenters. The van der Waals surface area contributed by atoms with Crippen molar-refractivity contribution in [1.29, 1.82) is 0 Å². The van der Waals surface area contributed by atoms with Gasteiger partial charge in [0.15, 0.2) is 11.6 Å². The first-order chi connectivity index (χ1) is 16.8. The van der Waals surface area contributed by atoms with Crippen LogP contribution in [0.5, 0.6) is 5.75 Å². The molecule has 0 amide bonds. The fraction of sp³-hybridized carbons (Fsp3) is 0.0714. The molecule has 0 N–H and O–H groups in total. The zero-order chi connectivity index (χ0) is 25.1. The van der Waals surface area contributed by atoms with Crippen molar-refractivity contribution in [2.75, 3.05) is 6.61 Å². The molecule has 0 radical (unpaired) electrons. The molecule has 0 aliphatic heterocycles. The highest BCUT2D eigenvalue weighted by Crippen LogP contribution is 2.22. The second kappa shape index (κ2) is 9.87. The van der Waals surface area contributed by atoms with E-state index in [-0.39, 0.29) is 23.3 Å². The minimum atomic E-state index is -1.02. The van der Waals surface area contributed by atoms with Crippen LogP contribution >= 0.6 is 0 Å². The molecule has 7 heteroatoms. The van der Waals surface area contributed by atoms with E-state index in [1.807, 2.05) is 0 Å². The van der Waals surface area contributed by atoms with E-state index in [1.165, 1.54) is 24.3 Å². The van der Waals surface area contributed by atoms with Crippen LogP contribution in [0.2, 0.25) is 0 Å². The van der Waals surface area contributed by atoms with Crippen molar-refractivity contribution in [2.24, 2.45) is 0 Å². The molecule has 0 unspecified atom stereocenters. The predicted octanol–water partition coefficient (Wildman–Crippen LogP) is 6.87. The van der Waals surface area contributed by atoms with Gasteiger partial charge in [-0.05, 0) is 42.6 Å². The summed E-state index contributed by atoms with van der Waals surface area (Å²) in [7, 11) is 0. The largest absolute Gasteiger partial charge is 0.494 e. The van der Waals surface area contributed by atoms with Gasteiger partial charge in [0, 0.05) is 28.6 Å². The molecule has 0 saturated heterocycles. The molecule has 0 saturated carbocycles. The first-order valence-corrected chi connectivity index (χ1v) is 10.3. The summed E-state index contributed by atoms with van der Waals surface area (Å²) in [5.74, 6) is 3.56. The second-order valence-electron chi connectivity index (χ2n) is 7.31. The number of fused-ring (bicyclic) bond motifs is 1. The van der Waals surface area contributed by atoms with Crippen LogP contribution in [-0.2, 0) is 0 Å². The Hall–Kier alpha value is -4.36. The first kappa shape index (κ1) is 23.8. The van der Waals surface area contributed by atoms with Crippen LogP contribution in [0.4, 0.5) is 26.3 Å². The molecule has 0 fully saturated rings. The van der Waals surface area contributed by atoms with E-state index in [0.717, 1.165) is 30.3 Å². The lowest BCUT2D eigenvalue weighted by Crippen LogP contribution is -1.97. The highest BCUT2D eigenvalue weighted by atomic mass is 19.2. The maximum absolute atomic E-state index is 14.5. The van der Waals surface area contributed by atoms with Gasteiger partial charge in [0.2, 0.25) is 0 Å². The predicted molar refractivity (Wildman–Crippen MR) is 120 cm³/mol. The molecule has 174 valence electrons. The van der Waals surface area contributed by atoms with Crippen molar-refractivity contribution < 1.29 is 31.1 Å². The molecule has 0 aromatic heterocycles. The van der Waals surface area contributed by atoms with E-state index >= 15 is 0 Å². The normalized spacial score (nSPS) is 10.4. The summed E-state index contributed by atoms with van der Waals surface area (Å²) in [6.07, 6.45) is 0. The zero-order valence-corrected chi connectivity index (χ0v) is 18.1. The summed E-state index contributed by atoms with van der Waals surface area (Å²) >= 11 is 0. The molecule has 4 aromatic carbocycles. The van der Waals surface area contributed by atoms with Crippen molar-refractivity contribution in [3.05, 3.63) is 112 Å². The van der Waals surface area contributed by atoms with Crippen LogP contribution < -0.4 is 4.74 Å². The van der Waals surface area contributed by atoms with Crippen molar-refractivity contribution in [1.82, 2.24) is 0 Å². The van der Waals surface area contributed by atoms with Crippen LogP contribution in [0, 0.1) is 58.6 Å². The Kier molecular flexibility index (Phi) is 6.71. The molecule has 0 spiro atoms. The lowest BCUT2D eigenvalue weighted by Gasteiger charge is -2.04. The van der Waals surface area contributed by atoms with Gasteiger partial charge < -0.3 is 4.74 Å². The molecule has 4 aromatic rings. The molecule has 4 rings (SSSR count). The highest BCUT2D eigenvalue weighted by molar-refractivity contribution is 5.84. The van der Waals surface area contributed by atoms with Gasteiger partial charge in [-0.3, -0.25) is 0 Å². The average molecular weight is 480 g/mol. The summed E-state index contributed by atoms with van der Waals surface area (Å²) in [6, 6.07) is 10.2. The fourth-order valence-electron chi connectivity index (χ4n) is 3.30. The summed E-state index contributed by atoms with van der Waals surface area (Å²) in [4.78, 5) is 0. The Morgan fingerprint density at radius 2 is 1.17 bits per heavy atom. The number of benzene rings is 4. The zero-order valence-electron chi connectivity index (χ0n) is 18.1.